The Hall–Kier alpha value is -2.71. The van der Waals surface area contributed by atoms with Crippen molar-refractivity contribution in [2.24, 2.45) is 0 Å². The molecule has 2 aromatic heterocycles. The van der Waals surface area contributed by atoms with E-state index >= 15 is 0 Å². The quantitative estimate of drug-likeness (QED) is 0.675. The minimum Gasteiger partial charge on any atom is -0.378 e. The lowest BCUT2D eigenvalue weighted by molar-refractivity contribution is 0.0281. The zero-order valence-electron chi connectivity index (χ0n) is 16.9. The van der Waals surface area contributed by atoms with E-state index in [4.69, 9.17) is 19.4 Å². The van der Waals surface area contributed by atoms with Crippen LogP contribution in [-0.2, 0) is 9.47 Å². The summed E-state index contributed by atoms with van der Waals surface area (Å²) in [6.07, 6.45) is 1.99. The van der Waals surface area contributed by atoms with Gasteiger partial charge >= 0.3 is 0 Å². The molecule has 2 atom stereocenters. The van der Waals surface area contributed by atoms with Gasteiger partial charge in [0.1, 0.15) is 18.0 Å². The summed E-state index contributed by atoms with van der Waals surface area (Å²) < 4.78 is 13.4. The van der Waals surface area contributed by atoms with Gasteiger partial charge in [-0.25, -0.2) is 4.98 Å². The zero-order valence-corrected chi connectivity index (χ0v) is 16.9. The van der Waals surface area contributed by atoms with Crippen LogP contribution in [0, 0.1) is 0 Å². The summed E-state index contributed by atoms with van der Waals surface area (Å²) in [5.74, 6) is 2.50. The van der Waals surface area contributed by atoms with Gasteiger partial charge in [-0.2, -0.15) is 9.97 Å². The third kappa shape index (κ3) is 3.42. The first-order chi connectivity index (χ1) is 14.2. The molecule has 2 fully saturated rings. The van der Waals surface area contributed by atoms with Gasteiger partial charge in [0.25, 0.3) is 0 Å². The number of nitrogens with zero attached hydrogens (tertiary/aromatic N) is 6. The number of rotatable bonds is 3. The van der Waals surface area contributed by atoms with Gasteiger partial charge in [-0.15, -0.1) is 0 Å². The molecule has 8 heteroatoms. The number of anilines is 2. The molecule has 29 heavy (non-hydrogen) atoms. The molecule has 0 amide bonds. The fourth-order valence-corrected chi connectivity index (χ4v) is 3.98. The minimum atomic E-state index is 0.156. The van der Waals surface area contributed by atoms with Gasteiger partial charge in [-0.05, 0) is 26.0 Å². The van der Waals surface area contributed by atoms with Crippen molar-refractivity contribution in [2.45, 2.75) is 26.0 Å². The van der Waals surface area contributed by atoms with Crippen LogP contribution in [-0.4, -0.2) is 71.1 Å². The number of para-hydroxylation sites is 2. The lowest BCUT2D eigenvalue weighted by Crippen LogP contribution is -2.49. The highest BCUT2D eigenvalue weighted by molar-refractivity contribution is 5.77. The van der Waals surface area contributed by atoms with Crippen molar-refractivity contribution in [3.05, 3.63) is 36.7 Å². The van der Waals surface area contributed by atoms with Gasteiger partial charge in [0.15, 0.2) is 0 Å². The number of hydrogen-bond acceptors (Lipinski definition) is 7. The number of ether oxygens (including phenoxy) is 2. The average molecular weight is 394 g/mol. The smallest absolute Gasteiger partial charge is 0.229 e. The molecule has 5 rings (SSSR count). The average Bonchev–Trinajstić information content (AvgIpc) is 3.20. The molecule has 4 heterocycles. The van der Waals surface area contributed by atoms with Gasteiger partial charge < -0.3 is 19.3 Å². The minimum absolute atomic E-state index is 0.156. The first-order valence-corrected chi connectivity index (χ1v) is 10.2. The number of morpholine rings is 2. The second-order valence-electron chi connectivity index (χ2n) is 7.60. The van der Waals surface area contributed by atoms with Crippen LogP contribution in [0.3, 0.4) is 0 Å². The molecule has 0 spiro atoms. The second kappa shape index (κ2) is 7.61. The fourth-order valence-electron chi connectivity index (χ4n) is 3.98. The topological polar surface area (TPSA) is 68.5 Å². The highest BCUT2D eigenvalue weighted by Gasteiger charge is 2.28. The molecule has 2 aliphatic rings. The van der Waals surface area contributed by atoms with Crippen molar-refractivity contribution in [2.75, 3.05) is 49.3 Å². The standard InChI is InChI=1S/C21H26N6O2/c1-15-16(2)29-12-9-26(15)19-13-20(24-21(23-19)25-7-10-28-11-8-25)27-14-22-17-5-3-4-6-18(17)27/h3-6,13-16H,7-12H2,1-2H3/t15-,16-/m1/s1. The monoisotopic (exact) mass is 394 g/mol. The summed E-state index contributed by atoms with van der Waals surface area (Å²) in [5.41, 5.74) is 1.99. The SMILES string of the molecule is C[C@@H]1[C@@H](C)OCCN1c1cc(-n2cnc3ccccc32)nc(N2CCOCC2)n1. The summed E-state index contributed by atoms with van der Waals surface area (Å²) in [4.78, 5) is 18.9. The molecule has 2 saturated heterocycles. The van der Waals surface area contributed by atoms with Gasteiger partial charge in [-0.1, -0.05) is 12.1 Å². The van der Waals surface area contributed by atoms with Crippen molar-refractivity contribution >= 4 is 22.8 Å². The van der Waals surface area contributed by atoms with E-state index in [9.17, 15) is 0 Å². The summed E-state index contributed by atoms with van der Waals surface area (Å²) in [7, 11) is 0. The Balaban J connectivity index is 1.62. The molecule has 0 aliphatic carbocycles. The molecule has 8 nitrogen and oxygen atoms in total. The Labute approximate surface area is 170 Å². The molecule has 0 radical (unpaired) electrons. The van der Waals surface area contributed by atoms with E-state index in [0.29, 0.717) is 19.8 Å². The van der Waals surface area contributed by atoms with E-state index in [0.717, 1.165) is 48.3 Å². The summed E-state index contributed by atoms with van der Waals surface area (Å²) in [5, 5.41) is 0. The van der Waals surface area contributed by atoms with Crippen molar-refractivity contribution in [3.8, 4) is 5.82 Å². The maximum atomic E-state index is 5.82. The first kappa shape index (κ1) is 18.3. The molecule has 0 unspecified atom stereocenters. The van der Waals surface area contributed by atoms with Gasteiger partial charge in [0.05, 0.1) is 43.0 Å². The molecule has 152 valence electrons. The van der Waals surface area contributed by atoms with E-state index in [1.165, 1.54) is 0 Å². The van der Waals surface area contributed by atoms with Crippen LogP contribution in [0.15, 0.2) is 36.7 Å². The third-order valence-electron chi connectivity index (χ3n) is 5.86. The Morgan fingerprint density at radius 3 is 2.62 bits per heavy atom. The normalized spacial score (nSPS) is 23.0. The lowest BCUT2D eigenvalue weighted by Gasteiger charge is -2.39. The van der Waals surface area contributed by atoms with Crippen LogP contribution in [0.1, 0.15) is 13.8 Å². The van der Waals surface area contributed by atoms with E-state index in [-0.39, 0.29) is 12.1 Å². The number of hydrogen-bond donors (Lipinski definition) is 0. The number of fused-ring (bicyclic) bond motifs is 1. The highest BCUT2D eigenvalue weighted by atomic mass is 16.5. The number of aromatic nitrogens is 4. The van der Waals surface area contributed by atoms with Crippen LogP contribution < -0.4 is 9.80 Å². The van der Waals surface area contributed by atoms with Crippen LogP contribution >= 0.6 is 0 Å². The lowest BCUT2D eigenvalue weighted by atomic mass is 10.1. The van der Waals surface area contributed by atoms with Crippen molar-refractivity contribution in [1.29, 1.82) is 0 Å². The predicted molar refractivity (Wildman–Crippen MR) is 112 cm³/mol. The number of imidazole rings is 1. The summed E-state index contributed by atoms with van der Waals surface area (Å²) in [6, 6.07) is 10.4. The van der Waals surface area contributed by atoms with E-state index < -0.39 is 0 Å². The van der Waals surface area contributed by atoms with E-state index in [2.05, 4.69) is 40.8 Å². The Morgan fingerprint density at radius 2 is 1.76 bits per heavy atom. The molecular weight excluding hydrogens is 368 g/mol. The van der Waals surface area contributed by atoms with Gasteiger partial charge in [0.2, 0.25) is 5.95 Å². The van der Waals surface area contributed by atoms with Crippen molar-refractivity contribution < 1.29 is 9.47 Å². The maximum absolute atomic E-state index is 5.82. The molecular formula is C21H26N6O2. The first-order valence-electron chi connectivity index (χ1n) is 10.2. The molecule has 3 aromatic rings. The van der Waals surface area contributed by atoms with E-state index in [1.807, 2.05) is 29.1 Å². The van der Waals surface area contributed by atoms with Crippen molar-refractivity contribution in [1.82, 2.24) is 19.5 Å². The molecule has 0 bridgehead atoms. The van der Waals surface area contributed by atoms with Crippen LogP contribution in [0.2, 0.25) is 0 Å². The largest absolute Gasteiger partial charge is 0.378 e. The Bertz CT molecular complexity index is 1000. The van der Waals surface area contributed by atoms with Crippen LogP contribution in [0.5, 0.6) is 0 Å². The molecule has 0 saturated carbocycles. The fraction of sp³-hybridized carbons (Fsp3) is 0.476. The molecule has 0 N–H and O–H groups in total. The summed E-state index contributed by atoms with van der Waals surface area (Å²) >= 11 is 0. The Kier molecular flexibility index (Phi) is 4.81. The summed E-state index contributed by atoms with van der Waals surface area (Å²) in [6.45, 7) is 8.80. The zero-order chi connectivity index (χ0) is 19.8. The van der Waals surface area contributed by atoms with Gasteiger partial charge in [-0.3, -0.25) is 4.57 Å². The maximum Gasteiger partial charge on any atom is 0.229 e. The van der Waals surface area contributed by atoms with Crippen molar-refractivity contribution in [3.63, 3.8) is 0 Å². The Morgan fingerprint density at radius 1 is 0.966 bits per heavy atom. The predicted octanol–water partition coefficient (Wildman–Crippen LogP) is 2.27. The third-order valence-corrected chi connectivity index (χ3v) is 5.86. The van der Waals surface area contributed by atoms with E-state index in [1.54, 1.807) is 0 Å². The number of benzene rings is 1. The second-order valence-corrected chi connectivity index (χ2v) is 7.60. The van der Waals surface area contributed by atoms with Crippen LogP contribution in [0.25, 0.3) is 16.9 Å². The van der Waals surface area contributed by atoms with Gasteiger partial charge in [0, 0.05) is 25.7 Å². The molecule has 2 aliphatic heterocycles. The highest BCUT2D eigenvalue weighted by Crippen LogP contribution is 2.27. The van der Waals surface area contributed by atoms with Crippen LogP contribution in [0.4, 0.5) is 11.8 Å². The molecule has 1 aromatic carbocycles.